The molecular formula is C11H7ClF2N4O. The molecule has 2 aliphatic rings. The molecule has 1 aliphatic heterocycles. The Kier molecular flexibility index (Phi) is 2.53. The minimum atomic E-state index is -3.53. The predicted octanol–water partition coefficient (Wildman–Crippen LogP) is 1.98. The van der Waals surface area contributed by atoms with Gasteiger partial charge in [0.1, 0.15) is 5.69 Å². The van der Waals surface area contributed by atoms with Crippen molar-refractivity contribution in [3.05, 3.63) is 35.4 Å². The maximum Gasteiger partial charge on any atom is 0.342 e. The second-order valence-electron chi connectivity index (χ2n) is 4.07. The third-order valence-electron chi connectivity index (χ3n) is 2.78. The largest absolute Gasteiger partial charge is 0.342 e. The van der Waals surface area contributed by atoms with Crippen LogP contribution in [0, 0.1) is 0 Å². The number of nitrogens with one attached hydrogen (secondary N) is 1. The summed E-state index contributed by atoms with van der Waals surface area (Å²) in [6, 6.07) is 0. The summed E-state index contributed by atoms with van der Waals surface area (Å²) in [6.07, 6.45) is 6.20. The standard InChI is InChI=1S/C11H7ClF2N4O/c12-10-15-4-7-8(17-10)18(6-2-1-3-6)5-11(13,14)9(19)16-7/h1-4H,5H2,(H,16,19). The van der Waals surface area contributed by atoms with Crippen molar-refractivity contribution in [2.75, 3.05) is 16.8 Å². The van der Waals surface area contributed by atoms with Crippen molar-refractivity contribution in [1.82, 2.24) is 9.97 Å². The molecule has 1 aromatic rings. The molecule has 0 saturated heterocycles. The Hall–Kier alpha value is -2.02. The molecule has 1 aliphatic carbocycles. The quantitative estimate of drug-likeness (QED) is 0.801. The summed E-state index contributed by atoms with van der Waals surface area (Å²) in [6.45, 7) is -0.796. The van der Waals surface area contributed by atoms with Crippen molar-refractivity contribution in [1.29, 1.82) is 0 Å². The van der Waals surface area contributed by atoms with Gasteiger partial charge in [-0.05, 0) is 23.8 Å². The lowest BCUT2D eigenvalue weighted by atomic mass is 10.1. The van der Waals surface area contributed by atoms with E-state index in [1.807, 2.05) is 0 Å². The summed E-state index contributed by atoms with van der Waals surface area (Å²) in [4.78, 5) is 20.3. The summed E-state index contributed by atoms with van der Waals surface area (Å²) in [5, 5.41) is 2.03. The molecule has 5 nitrogen and oxygen atoms in total. The van der Waals surface area contributed by atoms with Crippen molar-refractivity contribution >= 4 is 29.0 Å². The lowest BCUT2D eigenvalue weighted by molar-refractivity contribution is -0.137. The van der Waals surface area contributed by atoms with Gasteiger partial charge < -0.3 is 10.2 Å². The van der Waals surface area contributed by atoms with Crippen LogP contribution in [0.5, 0.6) is 0 Å². The molecule has 1 amide bonds. The highest BCUT2D eigenvalue weighted by Crippen LogP contribution is 2.35. The number of allylic oxidation sites excluding steroid dienone is 3. The SMILES string of the molecule is O=C1Nc2cnc(Cl)nc2N(C2=CC=C2)CC1(F)F. The van der Waals surface area contributed by atoms with Gasteiger partial charge in [-0.2, -0.15) is 13.8 Å². The topological polar surface area (TPSA) is 58.1 Å². The second kappa shape index (κ2) is 3.99. The summed E-state index contributed by atoms with van der Waals surface area (Å²) in [7, 11) is 0. The number of hydrogen-bond acceptors (Lipinski definition) is 4. The molecule has 0 radical (unpaired) electrons. The minimum absolute atomic E-state index is 0.0767. The van der Waals surface area contributed by atoms with E-state index < -0.39 is 18.4 Å². The van der Waals surface area contributed by atoms with Gasteiger partial charge in [0.2, 0.25) is 5.28 Å². The van der Waals surface area contributed by atoms with Gasteiger partial charge in [0.15, 0.2) is 5.82 Å². The van der Waals surface area contributed by atoms with E-state index >= 15 is 0 Å². The number of amides is 1. The van der Waals surface area contributed by atoms with Crippen molar-refractivity contribution in [2.45, 2.75) is 5.92 Å². The zero-order valence-electron chi connectivity index (χ0n) is 9.40. The molecule has 1 N–H and O–H groups in total. The minimum Gasteiger partial charge on any atom is -0.318 e. The number of rotatable bonds is 1. The number of carbonyl (C=O) groups is 1. The Morgan fingerprint density at radius 2 is 2.21 bits per heavy atom. The summed E-state index contributed by atoms with van der Waals surface area (Å²) in [5.74, 6) is -4.76. The Labute approximate surface area is 111 Å². The van der Waals surface area contributed by atoms with E-state index in [4.69, 9.17) is 11.6 Å². The van der Waals surface area contributed by atoms with Gasteiger partial charge in [0.25, 0.3) is 5.91 Å². The van der Waals surface area contributed by atoms with Crippen LogP contribution in [0.25, 0.3) is 0 Å². The number of alkyl halides is 2. The maximum atomic E-state index is 13.7. The molecule has 19 heavy (non-hydrogen) atoms. The molecule has 1 aromatic heterocycles. The first-order valence-electron chi connectivity index (χ1n) is 5.35. The maximum absolute atomic E-state index is 13.7. The summed E-state index contributed by atoms with van der Waals surface area (Å²) >= 11 is 5.68. The van der Waals surface area contributed by atoms with Crippen LogP contribution in [0.1, 0.15) is 0 Å². The van der Waals surface area contributed by atoms with E-state index in [0.717, 1.165) is 0 Å². The van der Waals surface area contributed by atoms with E-state index in [9.17, 15) is 13.6 Å². The lowest BCUT2D eigenvalue weighted by Gasteiger charge is -2.27. The Morgan fingerprint density at radius 3 is 2.84 bits per heavy atom. The number of aromatic nitrogens is 2. The molecule has 0 bridgehead atoms. The van der Waals surface area contributed by atoms with Crippen LogP contribution in [0.3, 0.4) is 0 Å². The van der Waals surface area contributed by atoms with E-state index in [2.05, 4.69) is 15.3 Å². The molecule has 0 unspecified atom stereocenters. The zero-order valence-corrected chi connectivity index (χ0v) is 10.2. The van der Waals surface area contributed by atoms with Gasteiger partial charge in [-0.3, -0.25) is 4.79 Å². The average molecular weight is 285 g/mol. The van der Waals surface area contributed by atoms with Crippen molar-refractivity contribution < 1.29 is 13.6 Å². The van der Waals surface area contributed by atoms with Crippen LogP contribution in [0.15, 0.2) is 30.1 Å². The normalized spacial score (nSPS) is 20.1. The Balaban J connectivity index is 2.12. The van der Waals surface area contributed by atoms with E-state index in [1.54, 1.807) is 18.2 Å². The first-order chi connectivity index (χ1) is 8.97. The molecule has 3 rings (SSSR count). The molecule has 2 heterocycles. The fourth-order valence-corrected chi connectivity index (χ4v) is 1.91. The monoisotopic (exact) mass is 284 g/mol. The highest BCUT2D eigenvalue weighted by atomic mass is 35.5. The summed E-state index contributed by atoms with van der Waals surface area (Å²) < 4.78 is 27.4. The van der Waals surface area contributed by atoms with Crippen LogP contribution in [-0.4, -0.2) is 28.3 Å². The van der Waals surface area contributed by atoms with Gasteiger partial charge in [0, 0.05) is 5.70 Å². The Morgan fingerprint density at radius 1 is 1.47 bits per heavy atom. The van der Waals surface area contributed by atoms with Gasteiger partial charge in [0.05, 0.1) is 12.7 Å². The highest BCUT2D eigenvalue weighted by Gasteiger charge is 2.45. The fourth-order valence-electron chi connectivity index (χ4n) is 1.78. The van der Waals surface area contributed by atoms with Crippen LogP contribution in [-0.2, 0) is 4.79 Å². The number of anilines is 2. The molecular weight excluding hydrogens is 278 g/mol. The van der Waals surface area contributed by atoms with Crippen molar-refractivity contribution in [3.8, 4) is 0 Å². The average Bonchev–Trinajstić information content (AvgIpc) is 2.35. The Bertz CT molecular complexity index is 629. The molecule has 0 saturated carbocycles. The first-order valence-corrected chi connectivity index (χ1v) is 5.73. The number of hydrogen-bond donors (Lipinski definition) is 1. The summed E-state index contributed by atoms with van der Waals surface area (Å²) in [5.41, 5.74) is 0.639. The molecule has 0 spiro atoms. The van der Waals surface area contributed by atoms with Gasteiger partial charge >= 0.3 is 5.92 Å². The van der Waals surface area contributed by atoms with Crippen molar-refractivity contribution in [3.63, 3.8) is 0 Å². The first kappa shape index (κ1) is 12.0. The van der Waals surface area contributed by atoms with Crippen molar-refractivity contribution in [2.24, 2.45) is 0 Å². The van der Waals surface area contributed by atoms with E-state index in [1.165, 1.54) is 11.1 Å². The number of halogens is 3. The predicted molar refractivity (Wildman–Crippen MR) is 65.2 cm³/mol. The lowest BCUT2D eigenvalue weighted by Crippen LogP contribution is -2.42. The van der Waals surface area contributed by atoms with Crippen LogP contribution in [0.4, 0.5) is 20.3 Å². The number of carbonyl (C=O) groups excluding carboxylic acids is 1. The number of fused-ring (bicyclic) bond motifs is 1. The third kappa shape index (κ3) is 1.95. The smallest absolute Gasteiger partial charge is 0.318 e. The van der Waals surface area contributed by atoms with E-state index in [-0.39, 0.29) is 16.8 Å². The fraction of sp³-hybridized carbons (Fsp3) is 0.182. The third-order valence-corrected chi connectivity index (χ3v) is 2.96. The van der Waals surface area contributed by atoms with Crippen LogP contribution < -0.4 is 10.2 Å². The molecule has 98 valence electrons. The zero-order chi connectivity index (χ0) is 13.6. The van der Waals surface area contributed by atoms with Crippen LogP contribution in [0.2, 0.25) is 5.28 Å². The molecule has 0 aromatic carbocycles. The molecule has 8 heteroatoms. The molecule has 0 fully saturated rings. The number of nitrogens with zero attached hydrogens (tertiary/aromatic N) is 3. The highest BCUT2D eigenvalue weighted by molar-refractivity contribution is 6.28. The van der Waals surface area contributed by atoms with E-state index in [0.29, 0.717) is 5.70 Å². The molecule has 0 atom stereocenters. The second-order valence-corrected chi connectivity index (χ2v) is 4.41. The van der Waals surface area contributed by atoms with Gasteiger partial charge in [-0.25, -0.2) is 4.98 Å². The van der Waals surface area contributed by atoms with Gasteiger partial charge in [-0.15, -0.1) is 0 Å². The van der Waals surface area contributed by atoms with Crippen LogP contribution >= 0.6 is 11.6 Å². The van der Waals surface area contributed by atoms with Gasteiger partial charge in [-0.1, -0.05) is 6.08 Å².